The van der Waals surface area contributed by atoms with Gasteiger partial charge in [-0.1, -0.05) is 18.2 Å². The van der Waals surface area contributed by atoms with Crippen LogP contribution in [-0.2, 0) is 16.1 Å². The van der Waals surface area contributed by atoms with Crippen LogP contribution in [0.3, 0.4) is 0 Å². The number of rotatable bonds is 6. The zero-order valence-electron chi connectivity index (χ0n) is 10.7. The highest BCUT2D eigenvalue weighted by atomic mass is 16.5. The van der Waals surface area contributed by atoms with E-state index in [0.717, 1.165) is 17.8 Å². The largest absolute Gasteiger partial charge is 0.372 e. The fraction of sp³-hybridized carbons (Fsp3) is 0.462. The Morgan fingerprint density at radius 2 is 2.06 bits per heavy atom. The van der Waals surface area contributed by atoms with E-state index >= 15 is 0 Å². The molecule has 0 fully saturated rings. The second kappa shape index (κ2) is 7.04. The van der Waals surface area contributed by atoms with Crippen molar-refractivity contribution in [2.45, 2.75) is 13.5 Å². The first kappa shape index (κ1) is 13.7. The first-order chi connectivity index (χ1) is 8.13. The number of carbonyl (C=O) groups is 1. The summed E-state index contributed by atoms with van der Waals surface area (Å²) in [5.41, 5.74) is 1.95. The summed E-state index contributed by atoms with van der Waals surface area (Å²) in [7, 11) is 4.00. The van der Waals surface area contributed by atoms with E-state index in [1.54, 1.807) is 0 Å². The lowest BCUT2D eigenvalue weighted by Gasteiger charge is -2.14. The molecular weight excluding hydrogens is 216 g/mol. The molecule has 1 aromatic carbocycles. The molecule has 0 aromatic heterocycles. The third-order valence-corrected chi connectivity index (χ3v) is 2.22. The maximum atomic E-state index is 11.6. The van der Waals surface area contributed by atoms with Gasteiger partial charge in [-0.25, -0.2) is 0 Å². The Hall–Kier alpha value is -1.39. The van der Waals surface area contributed by atoms with Crippen molar-refractivity contribution in [2.24, 2.45) is 0 Å². The second-order valence-electron chi connectivity index (χ2n) is 4.08. The van der Waals surface area contributed by atoms with Crippen LogP contribution in [0.1, 0.15) is 12.5 Å². The molecule has 17 heavy (non-hydrogen) atoms. The van der Waals surface area contributed by atoms with Gasteiger partial charge in [-0.3, -0.25) is 4.79 Å². The molecule has 1 N–H and O–H groups in total. The zero-order valence-corrected chi connectivity index (χ0v) is 10.7. The van der Waals surface area contributed by atoms with E-state index in [4.69, 9.17) is 4.74 Å². The van der Waals surface area contributed by atoms with Gasteiger partial charge in [0.05, 0.1) is 0 Å². The minimum atomic E-state index is -0.113. The summed E-state index contributed by atoms with van der Waals surface area (Å²) in [6.45, 7) is 3.32. The molecule has 4 nitrogen and oxygen atoms in total. The molecule has 0 radical (unpaired) electrons. The van der Waals surface area contributed by atoms with Crippen molar-refractivity contribution < 1.29 is 9.53 Å². The summed E-state index contributed by atoms with van der Waals surface area (Å²) in [5.74, 6) is -0.113. The summed E-state index contributed by atoms with van der Waals surface area (Å²) in [5, 5.41) is 2.86. The van der Waals surface area contributed by atoms with Crippen LogP contribution in [0.15, 0.2) is 24.3 Å². The molecule has 0 heterocycles. The first-order valence-corrected chi connectivity index (χ1v) is 5.73. The maximum absolute atomic E-state index is 11.6. The van der Waals surface area contributed by atoms with Crippen LogP contribution in [0.25, 0.3) is 0 Å². The van der Waals surface area contributed by atoms with Crippen LogP contribution in [-0.4, -0.2) is 38.1 Å². The van der Waals surface area contributed by atoms with Crippen LogP contribution in [0.4, 0.5) is 5.69 Å². The summed E-state index contributed by atoms with van der Waals surface area (Å²) in [6, 6.07) is 7.80. The number of para-hydroxylation sites is 1. The molecule has 0 bridgehead atoms. The van der Waals surface area contributed by atoms with E-state index in [9.17, 15) is 4.79 Å². The normalized spacial score (nSPS) is 10.6. The van der Waals surface area contributed by atoms with E-state index in [-0.39, 0.29) is 12.5 Å². The van der Waals surface area contributed by atoms with Gasteiger partial charge in [-0.05, 0) is 32.6 Å². The fourth-order valence-corrected chi connectivity index (χ4v) is 1.50. The molecule has 1 amide bonds. The minimum Gasteiger partial charge on any atom is -0.372 e. The van der Waals surface area contributed by atoms with Gasteiger partial charge in [-0.15, -0.1) is 0 Å². The summed E-state index contributed by atoms with van der Waals surface area (Å²) >= 11 is 0. The molecule has 0 aliphatic heterocycles. The van der Waals surface area contributed by atoms with Crippen molar-refractivity contribution >= 4 is 11.6 Å². The Morgan fingerprint density at radius 1 is 1.35 bits per heavy atom. The monoisotopic (exact) mass is 236 g/mol. The molecule has 0 unspecified atom stereocenters. The molecule has 0 atom stereocenters. The van der Waals surface area contributed by atoms with E-state index in [1.807, 2.05) is 45.3 Å². The van der Waals surface area contributed by atoms with Crippen molar-refractivity contribution in [2.75, 3.05) is 32.6 Å². The van der Waals surface area contributed by atoms with Gasteiger partial charge in [0.1, 0.15) is 6.61 Å². The molecule has 0 saturated carbocycles. The predicted molar refractivity (Wildman–Crippen MR) is 69.0 cm³/mol. The minimum absolute atomic E-state index is 0.104. The Bertz CT molecular complexity index is 364. The van der Waals surface area contributed by atoms with Gasteiger partial charge in [0.15, 0.2) is 0 Å². The van der Waals surface area contributed by atoms with Crippen molar-refractivity contribution in [3.63, 3.8) is 0 Å². The van der Waals surface area contributed by atoms with Gasteiger partial charge < -0.3 is 15.0 Å². The number of amides is 1. The van der Waals surface area contributed by atoms with Gasteiger partial charge in [0, 0.05) is 18.8 Å². The number of benzene rings is 1. The molecule has 0 aliphatic carbocycles. The maximum Gasteiger partial charge on any atom is 0.250 e. The smallest absolute Gasteiger partial charge is 0.250 e. The van der Waals surface area contributed by atoms with Crippen molar-refractivity contribution in [3.05, 3.63) is 29.8 Å². The summed E-state index contributed by atoms with van der Waals surface area (Å²) < 4.78 is 5.07. The standard InChI is InChI=1S/C13H20N2O2/c1-4-17-10-13(16)14-12-8-6-5-7-11(12)9-15(2)3/h5-8H,4,9-10H2,1-3H3,(H,14,16). The summed E-state index contributed by atoms with van der Waals surface area (Å²) in [4.78, 5) is 13.6. The van der Waals surface area contributed by atoms with Crippen LogP contribution >= 0.6 is 0 Å². The second-order valence-corrected chi connectivity index (χ2v) is 4.08. The molecule has 0 spiro atoms. The van der Waals surface area contributed by atoms with Crippen LogP contribution in [0, 0.1) is 0 Å². The number of ether oxygens (including phenoxy) is 1. The molecular formula is C13H20N2O2. The Kier molecular flexibility index (Phi) is 5.66. The quantitative estimate of drug-likeness (QED) is 0.817. The lowest BCUT2D eigenvalue weighted by Crippen LogP contribution is -2.20. The predicted octanol–water partition coefficient (Wildman–Crippen LogP) is 1.72. The molecule has 1 rings (SSSR count). The highest BCUT2D eigenvalue weighted by Crippen LogP contribution is 2.16. The number of hydrogen-bond donors (Lipinski definition) is 1. The van der Waals surface area contributed by atoms with Gasteiger partial charge >= 0.3 is 0 Å². The number of carbonyl (C=O) groups excluding carboxylic acids is 1. The van der Waals surface area contributed by atoms with Gasteiger partial charge in [-0.2, -0.15) is 0 Å². The molecule has 0 aliphatic rings. The van der Waals surface area contributed by atoms with E-state index in [1.165, 1.54) is 0 Å². The third kappa shape index (κ3) is 4.97. The van der Waals surface area contributed by atoms with Crippen molar-refractivity contribution in [3.8, 4) is 0 Å². The lowest BCUT2D eigenvalue weighted by atomic mass is 10.1. The Morgan fingerprint density at radius 3 is 2.71 bits per heavy atom. The van der Waals surface area contributed by atoms with Crippen LogP contribution in [0.2, 0.25) is 0 Å². The summed E-state index contributed by atoms with van der Waals surface area (Å²) in [6.07, 6.45) is 0. The van der Waals surface area contributed by atoms with E-state index < -0.39 is 0 Å². The number of hydrogen-bond acceptors (Lipinski definition) is 3. The number of nitrogens with one attached hydrogen (secondary N) is 1. The molecule has 0 saturated heterocycles. The molecule has 4 heteroatoms. The van der Waals surface area contributed by atoms with Gasteiger partial charge in [0.2, 0.25) is 5.91 Å². The van der Waals surface area contributed by atoms with Crippen molar-refractivity contribution in [1.29, 1.82) is 0 Å². The molecule has 1 aromatic rings. The van der Waals surface area contributed by atoms with Crippen LogP contribution in [0.5, 0.6) is 0 Å². The number of anilines is 1. The number of nitrogens with zero attached hydrogens (tertiary/aromatic N) is 1. The topological polar surface area (TPSA) is 41.6 Å². The van der Waals surface area contributed by atoms with E-state index in [0.29, 0.717) is 6.61 Å². The van der Waals surface area contributed by atoms with Crippen molar-refractivity contribution in [1.82, 2.24) is 4.90 Å². The SMILES string of the molecule is CCOCC(=O)Nc1ccccc1CN(C)C. The fourth-order valence-electron chi connectivity index (χ4n) is 1.50. The average molecular weight is 236 g/mol. The molecule has 94 valence electrons. The van der Waals surface area contributed by atoms with Gasteiger partial charge in [0.25, 0.3) is 0 Å². The third-order valence-electron chi connectivity index (χ3n) is 2.22. The Labute approximate surface area is 103 Å². The zero-order chi connectivity index (χ0) is 12.7. The lowest BCUT2D eigenvalue weighted by molar-refractivity contribution is -0.120. The Balaban J connectivity index is 2.66. The van der Waals surface area contributed by atoms with Crippen LogP contribution < -0.4 is 5.32 Å². The average Bonchev–Trinajstić information content (AvgIpc) is 2.28. The highest BCUT2D eigenvalue weighted by Gasteiger charge is 2.06. The first-order valence-electron chi connectivity index (χ1n) is 5.73. The van der Waals surface area contributed by atoms with E-state index in [2.05, 4.69) is 10.2 Å². The highest BCUT2D eigenvalue weighted by molar-refractivity contribution is 5.92.